The lowest BCUT2D eigenvalue weighted by molar-refractivity contribution is -0.138. The van der Waals surface area contributed by atoms with Gasteiger partial charge in [0.1, 0.15) is 11.8 Å². The summed E-state index contributed by atoms with van der Waals surface area (Å²) in [6, 6.07) is 12.8. The number of hydrogen-bond acceptors (Lipinski definition) is 3. The molecule has 2 rings (SSSR count). The number of carboxylic acids is 1. The predicted molar refractivity (Wildman–Crippen MR) is 69.7 cm³/mol. The molecule has 0 aliphatic carbocycles. The average molecular weight is 245 g/mol. The SMILES string of the molecule is NC(CCOc1cccc2ccccc12)C(=O)O. The maximum absolute atomic E-state index is 10.6. The van der Waals surface area contributed by atoms with Crippen LogP contribution in [0.3, 0.4) is 0 Å². The van der Waals surface area contributed by atoms with Gasteiger partial charge in [-0.05, 0) is 11.5 Å². The van der Waals surface area contributed by atoms with Crippen molar-refractivity contribution in [3.63, 3.8) is 0 Å². The largest absolute Gasteiger partial charge is 0.493 e. The molecule has 0 fully saturated rings. The lowest BCUT2D eigenvalue weighted by atomic mass is 10.1. The number of hydrogen-bond donors (Lipinski definition) is 2. The summed E-state index contributed by atoms with van der Waals surface area (Å²) in [5.41, 5.74) is 5.41. The van der Waals surface area contributed by atoms with Crippen LogP contribution in [0.1, 0.15) is 6.42 Å². The van der Waals surface area contributed by atoms with Gasteiger partial charge in [-0.3, -0.25) is 4.79 Å². The highest BCUT2D eigenvalue weighted by molar-refractivity contribution is 5.88. The van der Waals surface area contributed by atoms with Crippen LogP contribution < -0.4 is 10.5 Å². The van der Waals surface area contributed by atoms with Crippen LogP contribution in [-0.4, -0.2) is 23.7 Å². The first-order valence-corrected chi connectivity index (χ1v) is 5.77. The van der Waals surface area contributed by atoms with E-state index in [1.54, 1.807) is 0 Å². The number of fused-ring (bicyclic) bond motifs is 1. The van der Waals surface area contributed by atoms with Gasteiger partial charge in [0.05, 0.1) is 6.61 Å². The van der Waals surface area contributed by atoms with Gasteiger partial charge in [0.2, 0.25) is 0 Å². The monoisotopic (exact) mass is 245 g/mol. The highest BCUT2D eigenvalue weighted by atomic mass is 16.5. The van der Waals surface area contributed by atoms with E-state index in [1.165, 1.54) is 0 Å². The predicted octanol–water partition coefficient (Wildman–Crippen LogP) is 2.02. The van der Waals surface area contributed by atoms with Crippen molar-refractivity contribution in [2.24, 2.45) is 5.73 Å². The minimum absolute atomic E-state index is 0.290. The van der Waals surface area contributed by atoms with E-state index in [0.717, 1.165) is 16.5 Å². The van der Waals surface area contributed by atoms with Crippen molar-refractivity contribution in [3.8, 4) is 5.75 Å². The van der Waals surface area contributed by atoms with Crippen molar-refractivity contribution in [3.05, 3.63) is 42.5 Å². The molecule has 2 aromatic carbocycles. The Labute approximate surface area is 105 Å². The highest BCUT2D eigenvalue weighted by Gasteiger charge is 2.11. The maximum Gasteiger partial charge on any atom is 0.320 e. The normalized spacial score (nSPS) is 12.3. The molecule has 2 aromatic rings. The first-order valence-electron chi connectivity index (χ1n) is 5.77. The van der Waals surface area contributed by atoms with Gasteiger partial charge in [-0.25, -0.2) is 0 Å². The molecule has 1 atom stereocenters. The molecule has 1 unspecified atom stereocenters. The molecule has 4 heteroatoms. The third-order valence-corrected chi connectivity index (χ3v) is 2.75. The second kappa shape index (κ2) is 5.51. The quantitative estimate of drug-likeness (QED) is 0.845. The zero-order chi connectivity index (χ0) is 13.0. The Morgan fingerprint density at radius 1 is 1.22 bits per heavy atom. The lowest BCUT2D eigenvalue weighted by Gasteiger charge is -2.10. The Morgan fingerprint density at radius 2 is 1.94 bits per heavy atom. The topological polar surface area (TPSA) is 72.5 Å². The van der Waals surface area contributed by atoms with Crippen LogP contribution in [-0.2, 0) is 4.79 Å². The third kappa shape index (κ3) is 2.78. The number of carbonyl (C=O) groups is 1. The minimum atomic E-state index is -1.00. The first kappa shape index (κ1) is 12.4. The smallest absolute Gasteiger partial charge is 0.320 e. The number of ether oxygens (including phenoxy) is 1. The van der Waals surface area contributed by atoms with Crippen LogP contribution in [0.5, 0.6) is 5.75 Å². The van der Waals surface area contributed by atoms with Crippen molar-refractivity contribution in [2.75, 3.05) is 6.61 Å². The Kier molecular flexibility index (Phi) is 3.79. The fourth-order valence-corrected chi connectivity index (χ4v) is 1.74. The molecule has 0 heterocycles. The van der Waals surface area contributed by atoms with Crippen molar-refractivity contribution < 1.29 is 14.6 Å². The Bertz CT molecular complexity index is 548. The number of nitrogens with two attached hydrogens (primary N) is 1. The molecule has 0 aliphatic heterocycles. The van der Waals surface area contributed by atoms with Gasteiger partial charge in [-0.15, -0.1) is 0 Å². The standard InChI is InChI=1S/C14H15NO3/c15-12(14(16)17)8-9-18-13-7-3-5-10-4-1-2-6-11(10)13/h1-7,12H,8-9,15H2,(H,16,17). The molecule has 0 bridgehead atoms. The molecule has 94 valence electrons. The average Bonchev–Trinajstić information content (AvgIpc) is 2.38. The first-order chi connectivity index (χ1) is 8.68. The second-order valence-corrected chi connectivity index (χ2v) is 4.06. The summed E-state index contributed by atoms with van der Waals surface area (Å²) in [6.45, 7) is 0.293. The fourth-order valence-electron chi connectivity index (χ4n) is 1.74. The van der Waals surface area contributed by atoms with E-state index >= 15 is 0 Å². The van der Waals surface area contributed by atoms with E-state index in [9.17, 15) is 4.79 Å². The molecule has 3 N–H and O–H groups in total. The summed E-state index contributed by atoms with van der Waals surface area (Å²) in [6.07, 6.45) is 0.290. The molecule has 0 saturated carbocycles. The number of aliphatic carboxylic acids is 1. The van der Waals surface area contributed by atoms with Gasteiger partial charge >= 0.3 is 5.97 Å². The zero-order valence-corrected chi connectivity index (χ0v) is 9.87. The van der Waals surface area contributed by atoms with Crippen LogP contribution in [0.25, 0.3) is 10.8 Å². The van der Waals surface area contributed by atoms with Crippen molar-refractivity contribution in [1.82, 2.24) is 0 Å². The molecule has 4 nitrogen and oxygen atoms in total. The minimum Gasteiger partial charge on any atom is -0.493 e. The fraction of sp³-hybridized carbons (Fsp3) is 0.214. The van der Waals surface area contributed by atoms with Crippen molar-refractivity contribution in [1.29, 1.82) is 0 Å². The second-order valence-electron chi connectivity index (χ2n) is 4.06. The van der Waals surface area contributed by atoms with Crippen molar-refractivity contribution >= 4 is 16.7 Å². The van der Waals surface area contributed by atoms with Gasteiger partial charge < -0.3 is 15.6 Å². The summed E-state index contributed by atoms with van der Waals surface area (Å²) in [4.78, 5) is 10.6. The molecule has 0 spiro atoms. The third-order valence-electron chi connectivity index (χ3n) is 2.75. The summed E-state index contributed by atoms with van der Waals surface area (Å²) in [5, 5.41) is 10.8. The molecule has 0 radical (unpaired) electrons. The van der Waals surface area contributed by atoms with Crippen LogP contribution in [0, 0.1) is 0 Å². The lowest BCUT2D eigenvalue weighted by Crippen LogP contribution is -2.31. The molecule has 0 aliphatic rings. The summed E-state index contributed by atoms with van der Waals surface area (Å²) in [5.74, 6) is -0.248. The van der Waals surface area contributed by atoms with Crippen molar-refractivity contribution in [2.45, 2.75) is 12.5 Å². The van der Waals surface area contributed by atoms with E-state index in [-0.39, 0.29) is 0 Å². The Hall–Kier alpha value is -2.07. The molecule has 0 aromatic heterocycles. The molecule has 0 saturated heterocycles. The van der Waals surface area contributed by atoms with Gasteiger partial charge in [0.25, 0.3) is 0 Å². The molecular weight excluding hydrogens is 230 g/mol. The highest BCUT2D eigenvalue weighted by Crippen LogP contribution is 2.25. The number of carboxylic acid groups (broad SMARTS) is 1. The van der Waals surface area contributed by atoms with Gasteiger partial charge in [-0.2, -0.15) is 0 Å². The summed E-state index contributed by atoms with van der Waals surface area (Å²) >= 11 is 0. The van der Waals surface area contributed by atoms with Crippen LogP contribution >= 0.6 is 0 Å². The number of rotatable bonds is 5. The van der Waals surface area contributed by atoms with Gasteiger partial charge in [0, 0.05) is 11.8 Å². The molecule has 0 amide bonds. The summed E-state index contributed by atoms with van der Waals surface area (Å²) < 4.78 is 5.60. The van der Waals surface area contributed by atoms with E-state index in [0.29, 0.717) is 13.0 Å². The van der Waals surface area contributed by atoms with E-state index < -0.39 is 12.0 Å². The van der Waals surface area contributed by atoms with E-state index in [4.69, 9.17) is 15.6 Å². The van der Waals surface area contributed by atoms with Gasteiger partial charge in [-0.1, -0.05) is 36.4 Å². The van der Waals surface area contributed by atoms with Crippen LogP contribution in [0.4, 0.5) is 0 Å². The van der Waals surface area contributed by atoms with Gasteiger partial charge in [0.15, 0.2) is 0 Å². The van der Waals surface area contributed by atoms with E-state index in [2.05, 4.69) is 0 Å². The van der Waals surface area contributed by atoms with Crippen LogP contribution in [0.2, 0.25) is 0 Å². The molecule has 18 heavy (non-hydrogen) atoms. The van der Waals surface area contributed by atoms with E-state index in [1.807, 2.05) is 42.5 Å². The Balaban J connectivity index is 2.06. The molecular formula is C14H15NO3. The van der Waals surface area contributed by atoms with Crippen LogP contribution in [0.15, 0.2) is 42.5 Å². The summed E-state index contributed by atoms with van der Waals surface area (Å²) in [7, 11) is 0. The maximum atomic E-state index is 10.6. The zero-order valence-electron chi connectivity index (χ0n) is 9.87. The Morgan fingerprint density at radius 3 is 2.72 bits per heavy atom. The number of benzene rings is 2.